The van der Waals surface area contributed by atoms with E-state index in [0.717, 1.165) is 6.07 Å². The van der Waals surface area contributed by atoms with Crippen molar-refractivity contribution in [2.45, 2.75) is 12.5 Å². The van der Waals surface area contributed by atoms with Crippen LogP contribution in [0.1, 0.15) is 12.5 Å². The molecule has 1 unspecified atom stereocenters. The zero-order valence-corrected chi connectivity index (χ0v) is 14.5. The van der Waals surface area contributed by atoms with Crippen LogP contribution >= 0.6 is 0 Å². The SMILES string of the molecule is CCNC(=O)C(O)(CN1CNc2c1nc(N)[nH]c2=O)c1ccc(O)c(O)c1. The molecule has 2 heterocycles. The van der Waals surface area contributed by atoms with Crippen molar-refractivity contribution in [2.75, 3.05) is 35.7 Å². The number of rotatable bonds is 5. The van der Waals surface area contributed by atoms with Crippen LogP contribution in [0.5, 0.6) is 11.5 Å². The molecule has 11 nitrogen and oxygen atoms in total. The number of benzene rings is 1. The van der Waals surface area contributed by atoms with E-state index in [2.05, 4.69) is 20.6 Å². The third-order valence-corrected chi connectivity index (χ3v) is 4.25. The number of H-pyrrole nitrogens is 1. The number of nitrogens with one attached hydrogen (secondary N) is 3. The summed E-state index contributed by atoms with van der Waals surface area (Å²) in [5.41, 5.74) is 3.27. The van der Waals surface area contributed by atoms with Gasteiger partial charge in [0.05, 0.1) is 13.2 Å². The van der Waals surface area contributed by atoms with E-state index in [1.807, 2.05) is 0 Å². The molecule has 1 aliphatic rings. The number of aromatic nitrogens is 2. The third-order valence-electron chi connectivity index (χ3n) is 4.25. The molecule has 1 atom stereocenters. The van der Waals surface area contributed by atoms with Gasteiger partial charge in [0, 0.05) is 6.54 Å². The van der Waals surface area contributed by atoms with Gasteiger partial charge in [0.15, 0.2) is 22.9 Å². The topological polar surface area (TPSA) is 177 Å². The van der Waals surface area contributed by atoms with Gasteiger partial charge >= 0.3 is 0 Å². The molecule has 1 aromatic carbocycles. The lowest BCUT2D eigenvalue weighted by Crippen LogP contribution is -2.52. The Kier molecular flexibility index (Phi) is 4.54. The molecule has 1 amide bonds. The summed E-state index contributed by atoms with van der Waals surface area (Å²) in [5.74, 6) is -1.47. The van der Waals surface area contributed by atoms with Crippen molar-refractivity contribution in [1.82, 2.24) is 15.3 Å². The van der Waals surface area contributed by atoms with Gasteiger partial charge in [-0.25, -0.2) is 0 Å². The van der Waals surface area contributed by atoms with E-state index in [1.165, 1.54) is 17.0 Å². The van der Waals surface area contributed by atoms with E-state index in [9.17, 15) is 24.9 Å². The summed E-state index contributed by atoms with van der Waals surface area (Å²) < 4.78 is 0. The maximum Gasteiger partial charge on any atom is 0.277 e. The Morgan fingerprint density at radius 3 is 2.81 bits per heavy atom. The average Bonchev–Trinajstić information content (AvgIpc) is 3.00. The second-order valence-electron chi connectivity index (χ2n) is 6.11. The van der Waals surface area contributed by atoms with Crippen LogP contribution in [-0.4, -0.2) is 51.0 Å². The molecule has 0 spiro atoms. The Bertz CT molecular complexity index is 945. The Labute approximate surface area is 153 Å². The summed E-state index contributed by atoms with van der Waals surface area (Å²) in [6.07, 6.45) is 0. The highest BCUT2D eigenvalue weighted by Crippen LogP contribution is 2.34. The summed E-state index contributed by atoms with van der Waals surface area (Å²) in [6, 6.07) is 3.61. The second-order valence-corrected chi connectivity index (χ2v) is 6.11. The molecular weight excluding hydrogens is 356 g/mol. The van der Waals surface area contributed by atoms with Crippen molar-refractivity contribution in [3.05, 3.63) is 34.1 Å². The molecule has 8 N–H and O–H groups in total. The normalized spacial score (nSPS) is 15.0. The minimum absolute atomic E-state index is 0.0648. The number of nitrogens with zero attached hydrogens (tertiary/aromatic N) is 2. The van der Waals surface area contributed by atoms with Gasteiger partial charge in [-0.1, -0.05) is 6.07 Å². The summed E-state index contributed by atoms with van der Waals surface area (Å²) in [6.45, 7) is 1.80. The number of aliphatic hydroxyl groups is 1. The fourth-order valence-electron chi connectivity index (χ4n) is 2.90. The number of phenolic OH excluding ortho intramolecular Hbond substituents is 2. The minimum Gasteiger partial charge on any atom is -0.504 e. The third kappa shape index (κ3) is 3.19. The van der Waals surface area contributed by atoms with Gasteiger partial charge < -0.3 is 36.6 Å². The van der Waals surface area contributed by atoms with Crippen LogP contribution in [0.4, 0.5) is 17.5 Å². The average molecular weight is 376 g/mol. The first-order valence-corrected chi connectivity index (χ1v) is 8.18. The molecular formula is C16H20N6O5. The van der Waals surface area contributed by atoms with Crippen LogP contribution in [0.15, 0.2) is 23.0 Å². The number of amides is 1. The van der Waals surface area contributed by atoms with Crippen LogP contribution in [0.2, 0.25) is 0 Å². The number of carbonyl (C=O) groups is 1. The van der Waals surface area contributed by atoms with Gasteiger partial charge in [-0.15, -0.1) is 0 Å². The summed E-state index contributed by atoms with van der Waals surface area (Å²) in [4.78, 5) is 32.5. The number of anilines is 3. The van der Waals surface area contributed by atoms with Crippen molar-refractivity contribution in [2.24, 2.45) is 0 Å². The van der Waals surface area contributed by atoms with Crippen LogP contribution in [0.25, 0.3) is 0 Å². The zero-order valence-electron chi connectivity index (χ0n) is 14.5. The van der Waals surface area contributed by atoms with Crippen LogP contribution in [0, 0.1) is 0 Å². The number of carbonyl (C=O) groups excluding carboxylic acids is 1. The monoisotopic (exact) mass is 376 g/mol. The highest BCUT2D eigenvalue weighted by Gasteiger charge is 2.42. The van der Waals surface area contributed by atoms with E-state index >= 15 is 0 Å². The molecule has 1 aromatic heterocycles. The first kappa shape index (κ1) is 18.3. The largest absolute Gasteiger partial charge is 0.504 e. The number of nitrogens with two attached hydrogens (primary N) is 1. The number of β-amino-alcohol motifs (C(OH)–C–C–N with tert-alkyl or cyclic N) is 1. The molecule has 2 aromatic rings. The van der Waals surface area contributed by atoms with E-state index in [-0.39, 0.29) is 48.5 Å². The number of phenols is 2. The molecule has 11 heteroatoms. The van der Waals surface area contributed by atoms with Crippen molar-refractivity contribution < 1.29 is 20.1 Å². The zero-order chi connectivity index (χ0) is 19.8. The molecule has 0 fully saturated rings. The van der Waals surface area contributed by atoms with E-state index in [0.29, 0.717) is 0 Å². The van der Waals surface area contributed by atoms with Crippen molar-refractivity contribution >= 4 is 23.4 Å². The highest BCUT2D eigenvalue weighted by atomic mass is 16.3. The van der Waals surface area contributed by atoms with Gasteiger partial charge in [0.2, 0.25) is 5.95 Å². The van der Waals surface area contributed by atoms with Gasteiger partial charge in [-0.2, -0.15) is 4.98 Å². The number of aromatic amines is 1. The van der Waals surface area contributed by atoms with E-state index in [1.54, 1.807) is 6.92 Å². The minimum atomic E-state index is -2.09. The quantitative estimate of drug-likeness (QED) is 0.322. The lowest BCUT2D eigenvalue weighted by Gasteiger charge is -2.32. The fourth-order valence-corrected chi connectivity index (χ4v) is 2.90. The standard InChI is InChI=1S/C16H20N6O5/c1-2-18-14(26)16(27,8-3-4-9(23)10(24)5-8)6-22-7-19-11-12(22)20-15(17)21-13(11)25/h3-5,19,23-24,27H,2,6-7H2,1H3,(H,18,26)(H3,17,20,21,25). The predicted molar refractivity (Wildman–Crippen MR) is 97.5 cm³/mol. The molecule has 27 heavy (non-hydrogen) atoms. The number of fused-ring (bicyclic) bond motifs is 1. The van der Waals surface area contributed by atoms with E-state index < -0.39 is 22.8 Å². The molecule has 0 radical (unpaired) electrons. The summed E-state index contributed by atoms with van der Waals surface area (Å²) in [5, 5.41) is 35.9. The fraction of sp³-hybridized carbons (Fsp3) is 0.312. The van der Waals surface area contributed by atoms with Crippen LogP contribution in [-0.2, 0) is 10.4 Å². The molecule has 144 valence electrons. The molecule has 0 aliphatic carbocycles. The number of hydrogen-bond acceptors (Lipinski definition) is 9. The Balaban J connectivity index is 2.03. The summed E-state index contributed by atoms with van der Waals surface area (Å²) >= 11 is 0. The number of hydrogen-bond donors (Lipinski definition) is 7. The maximum absolute atomic E-state index is 12.6. The maximum atomic E-state index is 12.6. The van der Waals surface area contributed by atoms with Gasteiger partial charge in [-0.3, -0.25) is 14.6 Å². The number of likely N-dealkylation sites (N-methyl/N-ethyl adjacent to an activating group) is 1. The van der Waals surface area contributed by atoms with Crippen LogP contribution in [0.3, 0.4) is 0 Å². The molecule has 3 rings (SSSR count). The van der Waals surface area contributed by atoms with Crippen LogP contribution < -0.4 is 26.8 Å². The first-order chi connectivity index (χ1) is 12.8. The van der Waals surface area contributed by atoms with Gasteiger partial charge in [-0.05, 0) is 24.6 Å². The molecule has 1 aliphatic heterocycles. The van der Waals surface area contributed by atoms with E-state index in [4.69, 9.17) is 5.73 Å². The lowest BCUT2D eigenvalue weighted by atomic mass is 9.91. The number of nitrogen functional groups attached to an aromatic ring is 1. The lowest BCUT2D eigenvalue weighted by molar-refractivity contribution is -0.139. The molecule has 0 saturated carbocycles. The first-order valence-electron chi connectivity index (χ1n) is 8.18. The van der Waals surface area contributed by atoms with Crippen molar-refractivity contribution in [3.8, 4) is 11.5 Å². The molecule has 0 bridgehead atoms. The van der Waals surface area contributed by atoms with Gasteiger partial charge in [0.25, 0.3) is 11.5 Å². The number of aromatic hydroxyl groups is 2. The van der Waals surface area contributed by atoms with Crippen molar-refractivity contribution in [1.29, 1.82) is 0 Å². The molecule has 0 saturated heterocycles. The predicted octanol–water partition coefficient (Wildman–Crippen LogP) is -1.02. The highest BCUT2D eigenvalue weighted by molar-refractivity contribution is 5.88. The Morgan fingerprint density at radius 1 is 1.41 bits per heavy atom. The Morgan fingerprint density at radius 2 is 2.15 bits per heavy atom. The second kappa shape index (κ2) is 6.68. The van der Waals surface area contributed by atoms with Gasteiger partial charge in [0.1, 0.15) is 5.69 Å². The Hall–Kier alpha value is -3.47. The summed E-state index contributed by atoms with van der Waals surface area (Å²) in [7, 11) is 0. The smallest absolute Gasteiger partial charge is 0.277 e. The van der Waals surface area contributed by atoms with Crippen molar-refractivity contribution in [3.63, 3.8) is 0 Å².